The Labute approximate surface area is 180 Å². The van der Waals surface area contributed by atoms with Crippen LogP contribution in [0.4, 0.5) is 13.2 Å². The van der Waals surface area contributed by atoms with Crippen molar-refractivity contribution < 1.29 is 31.9 Å². The molecule has 0 unspecified atom stereocenters. The molecule has 0 spiro atoms. The van der Waals surface area contributed by atoms with Crippen molar-refractivity contribution in [1.29, 1.82) is 0 Å². The van der Waals surface area contributed by atoms with Gasteiger partial charge in [0.05, 0.1) is 6.10 Å². The molecule has 7 nitrogen and oxygen atoms in total. The van der Waals surface area contributed by atoms with E-state index in [2.05, 4.69) is 26.8 Å². The van der Waals surface area contributed by atoms with Crippen LogP contribution in [-0.4, -0.2) is 41.2 Å². The molecular formula is C20H19ClF3N3O4. The van der Waals surface area contributed by atoms with Gasteiger partial charge in [0, 0.05) is 29.5 Å². The Morgan fingerprint density at radius 3 is 2.84 bits per heavy atom. The predicted octanol–water partition coefficient (Wildman–Crippen LogP) is 4.03. The summed E-state index contributed by atoms with van der Waals surface area (Å²) in [5.74, 6) is 0.583. The second-order valence-electron chi connectivity index (χ2n) is 7.51. The number of rotatable bonds is 7. The van der Waals surface area contributed by atoms with Gasteiger partial charge >= 0.3 is 6.36 Å². The highest BCUT2D eigenvalue weighted by molar-refractivity contribution is 6.30. The minimum absolute atomic E-state index is 0.165. The van der Waals surface area contributed by atoms with Crippen molar-refractivity contribution in [3.8, 4) is 5.75 Å². The second kappa shape index (κ2) is 8.51. The smallest absolute Gasteiger partial charge is 0.480 e. The Balaban J connectivity index is 1.20. The zero-order valence-corrected chi connectivity index (χ0v) is 17.0. The fraction of sp³-hybridized carbons (Fsp3) is 0.450. The van der Waals surface area contributed by atoms with Crippen molar-refractivity contribution >= 4 is 23.1 Å². The molecule has 166 valence electrons. The highest BCUT2D eigenvalue weighted by Crippen LogP contribution is 2.41. The number of hydrogen-bond acceptors (Lipinski definition) is 6. The van der Waals surface area contributed by atoms with Crippen LogP contribution in [0.3, 0.4) is 0 Å². The maximum atomic E-state index is 12.3. The van der Waals surface area contributed by atoms with E-state index in [0.29, 0.717) is 29.2 Å². The lowest BCUT2D eigenvalue weighted by Crippen LogP contribution is -2.37. The van der Waals surface area contributed by atoms with Gasteiger partial charge in [-0.05, 0) is 43.0 Å². The minimum atomic E-state index is -4.65. The molecule has 0 saturated heterocycles. The highest BCUT2D eigenvalue weighted by Gasteiger charge is 2.42. The summed E-state index contributed by atoms with van der Waals surface area (Å²) in [6.45, 7) is 4.16. The average Bonchev–Trinajstić information content (AvgIpc) is 3.30. The van der Waals surface area contributed by atoms with E-state index in [4.69, 9.17) is 20.8 Å². The van der Waals surface area contributed by atoms with Crippen LogP contribution in [0.5, 0.6) is 5.75 Å². The van der Waals surface area contributed by atoms with Crippen LogP contribution in [0.15, 0.2) is 29.2 Å². The Hall–Kier alpha value is -2.59. The second-order valence-corrected chi connectivity index (χ2v) is 7.94. The van der Waals surface area contributed by atoms with Gasteiger partial charge < -0.3 is 14.5 Å². The third-order valence-corrected chi connectivity index (χ3v) is 5.44. The van der Waals surface area contributed by atoms with Crippen molar-refractivity contribution in [3.05, 3.63) is 47.1 Å². The maximum absolute atomic E-state index is 12.3. The first-order valence-electron chi connectivity index (χ1n) is 9.67. The Morgan fingerprint density at radius 1 is 1.32 bits per heavy atom. The van der Waals surface area contributed by atoms with Gasteiger partial charge in [0.2, 0.25) is 11.8 Å². The van der Waals surface area contributed by atoms with Crippen LogP contribution in [0.1, 0.15) is 42.5 Å². The number of carbonyl (C=O) groups excluding carboxylic acids is 1. The number of benzene rings is 1. The van der Waals surface area contributed by atoms with Crippen LogP contribution in [0.25, 0.3) is 5.57 Å². The number of nitrogens with one attached hydrogen (secondary N) is 1. The van der Waals surface area contributed by atoms with Gasteiger partial charge in [-0.25, -0.2) is 0 Å². The van der Waals surface area contributed by atoms with Gasteiger partial charge in [0.15, 0.2) is 6.10 Å². The summed E-state index contributed by atoms with van der Waals surface area (Å²) in [6.07, 6.45) is -5.02. The monoisotopic (exact) mass is 457 g/mol. The van der Waals surface area contributed by atoms with E-state index in [-0.39, 0.29) is 43.0 Å². The van der Waals surface area contributed by atoms with E-state index >= 15 is 0 Å². The molecule has 2 aliphatic rings. The van der Waals surface area contributed by atoms with Crippen molar-refractivity contribution in [2.45, 2.75) is 50.2 Å². The normalized spacial score (nSPS) is 22.4. The lowest BCUT2D eigenvalue weighted by Gasteiger charge is -2.32. The van der Waals surface area contributed by atoms with Crippen LogP contribution in [0, 0.1) is 0 Å². The van der Waals surface area contributed by atoms with Crippen LogP contribution in [0.2, 0.25) is 5.02 Å². The summed E-state index contributed by atoms with van der Waals surface area (Å²) >= 11 is 5.96. The lowest BCUT2D eigenvalue weighted by atomic mass is 9.82. The molecule has 1 aromatic carbocycles. The number of aromatic nitrogens is 2. The fourth-order valence-corrected chi connectivity index (χ4v) is 3.71. The molecule has 11 heteroatoms. The number of ether oxygens (including phenoxy) is 2. The van der Waals surface area contributed by atoms with Gasteiger partial charge in [-0.1, -0.05) is 18.2 Å². The third-order valence-electron chi connectivity index (χ3n) is 5.20. The number of fused-ring (bicyclic) bond motifs is 1. The van der Waals surface area contributed by atoms with Crippen molar-refractivity contribution in [2.24, 2.45) is 0 Å². The first-order valence-corrected chi connectivity index (χ1v) is 10.0. The number of carbonyl (C=O) groups is 1. The van der Waals surface area contributed by atoms with Gasteiger partial charge in [-0.2, -0.15) is 0 Å². The van der Waals surface area contributed by atoms with Crippen molar-refractivity contribution in [1.82, 2.24) is 15.5 Å². The summed E-state index contributed by atoms with van der Waals surface area (Å²) in [6, 6.07) is 5.22. The van der Waals surface area contributed by atoms with Crippen LogP contribution in [-0.2, 0) is 16.0 Å². The van der Waals surface area contributed by atoms with E-state index in [0.717, 1.165) is 5.56 Å². The molecule has 1 atom stereocenters. The highest BCUT2D eigenvalue weighted by atomic mass is 35.5. The van der Waals surface area contributed by atoms with Crippen LogP contribution < -0.4 is 10.1 Å². The fourth-order valence-electron chi connectivity index (χ4n) is 3.52. The molecule has 31 heavy (non-hydrogen) atoms. The van der Waals surface area contributed by atoms with E-state index in [1.807, 2.05) is 0 Å². The lowest BCUT2D eigenvalue weighted by molar-refractivity contribution is -0.352. The van der Waals surface area contributed by atoms with E-state index in [9.17, 15) is 18.0 Å². The summed E-state index contributed by atoms with van der Waals surface area (Å²) in [4.78, 5) is 12.3. The van der Waals surface area contributed by atoms with Gasteiger partial charge in [0.25, 0.3) is 5.91 Å². The van der Waals surface area contributed by atoms with Gasteiger partial charge in [0.1, 0.15) is 5.75 Å². The molecule has 4 rings (SSSR count). The zero-order valence-electron chi connectivity index (χ0n) is 16.2. The average molecular weight is 458 g/mol. The largest absolute Gasteiger partial charge is 0.522 e. The maximum Gasteiger partial charge on any atom is 0.522 e. The Bertz CT molecular complexity index is 988. The standard InChI is InChI=1S/C20H19ClF3N3O4/c1-10(18-26-27-19(30-18)12-7-14(8-12)31-20(22,23)24)4-5-25-17(28)16-9-11-6-13(21)2-3-15(11)29-16/h2-3,6,12,14,16H,1,4-5,7-9H2,(H,25,28)/t12?,14?,16-/m1/s1. The SMILES string of the molecule is C=C(CCNC(=O)[C@H]1Cc2cc(Cl)ccc2O1)c1nnc(C2CC(OC(F)(F)F)C2)o1. The molecule has 1 amide bonds. The Morgan fingerprint density at radius 2 is 2.10 bits per heavy atom. The molecule has 2 aromatic rings. The van der Waals surface area contributed by atoms with E-state index in [1.165, 1.54) is 0 Å². The van der Waals surface area contributed by atoms with E-state index in [1.54, 1.807) is 18.2 Å². The Kier molecular flexibility index (Phi) is 5.94. The van der Waals surface area contributed by atoms with E-state index < -0.39 is 18.6 Å². The number of alkyl halides is 3. The first-order chi connectivity index (χ1) is 14.7. The van der Waals surface area contributed by atoms with Crippen LogP contribution >= 0.6 is 11.6 Å². The molecule has 0 radical (unpaired) electrons. The molecule has 1 aliphatic carbocycles. The molecular weight excluding hydrogens is 439 g/mol. The first kappa shape index (κ1) is 21.6. The molecule has 0 bridgehead atoms. The predicted molar refractivity (Wildman–Crippen MR) is 103 cm³/mol. The molecule has 1 N–H and O–H groups in total. The third kappa shape index (κ3) is 5.19. The summed E-state index contributed by atoms with van der Waals surface area (Å²) < 4.78 is 51.7. The quantitative estimate of drug-likeness (QED) is 0.675. The topological polar surface area (TPSA) is 86.5 Å². The molecule has 2 heterocycles. The van der Waals surface area contributed by atoms with Crippen molar-refractivity contribution in [2.75, 3.05) is 6.54 Å². The minimum Gasteiger partial charge on any atom is -0.480 e. The number of nitrogens with zero attached hydrogens (tertiary/aromatic N) is 2. The summed E-state index contributed by atoms with van der Waals surface area (Å²) in [5, 5.41) is 11.2. The van der Waals surface area contributed by atoms with Gasteiger partial charge in [-0.15, -0.1) is 23.4 Å². The summed E-state index contributed by atoms with van der Waals surface area (Å²) in [7, 11) is 0. The molecule has 1 aromatic heterocycles. The number of amides is 1. The summed E-state index contributed by atoms with van der Waals surface area (Å²) in [5.41, 5.74) is 1.40. The molecule has 1 saturated carbocycles. The van der Waals surface area contributed by atoms with Crippen molar-refractivity contribution in [3.63, 3.8) is 0 Å². The number of hydrogen-bond donors (Lipinski definition) is 1. The molecule has 1 fully saturated rings. The molecule has 1 aliphatic heterocycles. The van der Waals surface area contributed by atoms with Gasteiger partial charge in [-0.3, -0.25) is 9.53 Å². The zero-order chi connectivity index (χ0) is 22.2. The number of halogens is 4.